The zero-order chi connectivity index (χ0) is 19.6. The number of nitrogens with one attached hydrogen (secondary N) is 1. The minimum absolute atomic E-state index is 0.0843. The molecule has 1 aliphatic rings. The normalized spacial score (nSPS) is 13.5. The summed E-state index contributed by atoms with van der Waals surface area (Å²) in [5.41, 5.74) is -0.370. The Bertz CT molecular complexity index is 981. The van der Waals surface area contributed by atoms with E-state index in [4.69, 9.17) is 9.47 Å². The number of sulfonamides is 1. The zero-order valence-electron chi connectivity index (χ0n) is 14.2. The summed E-state index contributed by atoms with van der Waals surface area (Å²) in [4.78, 5) is 12.0. The van der Waals surface area contributed by atoms with E-state index >= 15 is 0 Å². The molecule has 1 N–H and O–H groups in total. The summed E-state index contributed by atoms with van der Waals surface area (Å²) in [6.07, 6.45) is 0. The van der Waals surface area contributed by atoms with Crippen LogP contribution in [0.5, 0.6) is 11.5 Å². The zero-order valence-corrected chi connectivity index (χ0v) is 15.1. The Morgan fingerprint density at radius 2 is 1.81 bits per heavy atom. The van der Waals surface area contributed by atoms with Crippen molar-refractivity contribution in [2.45, 2.75) is 4.90 Å². The molecule has 0 unspecified atom stereocenters. The van der Waals surface area contributed by atoms with Gasteiger partial charge in [0.1, 0.15) is 24.8 Å². The van der Waals surface area contributed by atoms with Crippen LogP contribution < -0.4 is 14.8 Å². The van der Waals surface area contributed by atoms with Crippen LogP contribution in [0.3, 0.4) is 0 Å². The molecule has 1 aliphatic heterocycles. The molecule has 0 atom stereocenters. The minimum atomic E-state index is -4.01. The van der Waals surface area contributed by atoms with Crippen molar-refractivity contribution in [2.24, 2.45) is 0 Å². The van der Waals surface area contributed by atoms with E-state index in [-0.39, 0.29) is 10.6 Å². The van der Waals surface area contributed by atoms with Gasteiger partial charge < -0.3 is 14.8 Å². The molecule has 0 spiro atoms. The van der Waals surface area contributed by atoms with E-state index in [1.54, 1.807) is 0 Å². The van der Waals surface area contributed by atoms with Gasteiger partial charge in [-0.15, -0.1) is 0 Å². The van der Waals surface area contributed by atoms with Gasteiger partial charge in [-0.25, -0.2) is 17.2 Å². The van der Waals surface area contributed by atoms with Gasteiger partial charge in [0.25, 0.3) is 0 Å². The van der Waals surface area contributed by atoms with Gasteiger partial charge in [0, 0.05) is 19.2 Å². The highest BCUT2D eigenvalue weighted by Gasteiger charge is 2.25. The standard InChI is InChI=1S/C17H16F2N2O5S/c1-21(10-17(22)20-14-8-11(18)2-4-13(14)19)27(23,24)12-3-5-15-16(9-12)26-7-6-25-15/h2-5,8-9H,6-7,10H2,1H3,(H,20,22). The van der Waals surface area contributed by atoms with E-state index in [1.807, 2.05) is 0 Å². The molecule has 7 nitrogen and oxygen atoms in total. The van der Waals surface area contributed by atoms with Gasteiger partial charge in [0.05, 0.1) is 17.1 Å². The molecule has 1 amide bonds. The van der Waals surface area contributed by atoms with Crippen LogP contribution in [0.25, 0.3) is 0 Å². The van der Waals surface area contributed by atoms with Gasteiger partial charge in [-0.2, -0.15) is 4.31 Å². The number of nitrogens with zero attached hydrogens (tertiary/aromatic N) is 1. The minimum Gasteiger partial charge on any atom is -0.486 e. The molecule has 0 radical (unpaired) electrons. The summed E-state index contributed by atoms with van der Waals surface area (Å²) in [5.74, 6) is -1.65. The number of carbonyl (C=O) groups excluding carboxylic acids is 1. The number of likely N-dealkylation sites (N-methyl/N-ethyl adjacent to an activating group) is 1. The number of benzene rings is 2. The summed E-state index contributed by atoms with van der Waals surface area (Å²) < 4.78 is 63.5. The molecule has 10 heteroatoms. The van der Waals surface area contributed by atoms with Gasteiger partial charge in [-0.1, -0.05) is 0 Å². The third-order valence-corrected chi connectivity index (χ3v) is 5.59. The quantitative estimate of drug-likeness (QED) is 0.833. The monoisotopic (exact) mass is 398 g/mol. The third kappa shape index (κ3) is 4.17. The SMILES string of the molecule is CN(CC(=O)Nc1cc(F)ccc1F)S(=O)(=O)c1ccc2c(c1)OCCO2. The second-order valence-electron chi connectivity index (χ2n) is 5.74. The van der Waals surface area contributed by atoms with E-state index in [1.165, 1.54) is 25.2 Å². The molecule has 1 heterocycles. The lowest BCUT2D eigenvalue weighted by Crippen LogP contribution is -2.35. The molecule has 0 saturated heterocycles. The van der Waals surface area contributed by atoms with Crippen molar-refractivity contribution >= 4 is 21.6 Å². The van der Waals surface area contributed by atoms with E-state index in [0.717, 1.165) is 22.5 Å². The molecular formula is C17H16F2N2O5S. The largest absolute Gasteiger partial charge is 0.486 e. The topological polar surface area (TPSA) is 84.9 Å². The number of carbonyl (C=O) groups is 1. The first-order valence-electron chi connectivity index (χ1n) is 7.88. The lowest BCUT2D eigenvalue weighted by Gasteiger charge is -2.21. The van der Waals surface area contributed by atoms with Crippen LogP contribution >= 0.6 is 0 Å². The van der Waals surface area contributed by atoms with Crippen molar-refractivity contribution in [1.29, 1.82) is 0 Å². The van der Waals surface area contributed by atoms with Gasteiger partial charge in [0.15, 0.2) is 11.5 Å². The summed E-state index contributed by atoms with van der Waals surface area (Å²) >= 11 is 0. The predicted octanol–water partition coefficient (Wildman–Crippen LogP) is 2.00. The van der Waals surface area contributed by atoms with Crippen molar-refractivity contribution in [3.05, 3.63) is 48.0 Å². The fourth-order valence-electron chi connectivity index (χ4n) is 2.43. The molecule has 3 rings (SSSR count). The summed E-state index contributed by atoms with van der Waals surface area (Å²) in [6.45, 7) is 0.0798. The van der Waals surface area contributed by atoms with Gasteiger partial charge >= 0.3 is 0 Å². The van der Waals surface area contributed by atoms with Crippen molar-refractivity contribution in [2.75, 3.05) is 32.1 Å². The smallest absolute Gasteiger partial charge is 0.243 e. The number of amides is 1. The molecule has 2 aromatic rings. The van der Waals surface area contributed by atoms with E-state index in [9.17, 15) is 22.0 Å². The maximum Gasteiger partial charge on any atom is 0.243 e. The number of fused-ring (bicyclic) bond motifs is 1. The van der Waals surface area contributed by atoms with Crippen LogP contribution in [-0.2, 0) is 14.8 Å². The Balaban J connectivity index is 1.73. The Hall–Kier alpha value is -2.72. The third-order valence-electron chi connectivity index (χ3n) is 3.79. The van der Waals surface area contributed by atoms with Gasteiger partial charge in [0.2, 0.25) is 15.9 Å². The molecule has 0 aromatic heterocycles. The highest BCUT2D eigenvalue weighted by molar-refractivity contribution is 7.89. The number of hydrogen-bond donors (Lipinski definition) is 1. The first-order valence-corrected chi connectivity index (χ1v) is 9.32. The fraction of sp³-hybridized carbons (Fsp3) is 0.235. The van der Waals surface area contributed by atoms with Gasteiger partial charge in [-0.3, -0.25) is 4.79 Å². The predicted molar refractivity (Wildman–Crippen MR) is 92.2 cm³/mol. The second kappa shape index (κ2) is 7.49. The highest BCUT2D eigenvalue weighted by Crippen LogP contribution is 2.32. The average Bonchev–Trinajstić information content (AvgIpc) is 2.64. The maximum absolute atomic E-state index is 13.6. The Morgan fingerprint density at radius 3 is 2.56 bits per heavy atom. The van der Waals surface area contributed by atoms with Crippen molar-refractivity contribution < 1.29 is 31.5 Å². The summed E-state index contributed by atoms with van der Waals surface area (Å²) in [6, 6.07) is 6.69. The van der Waals surface area contributed by atoms with Crippen molar-refractivity contribution in [3.8, 4) is 11.5 Å². The average molecular weight is 398 g/mol. The number of hydrogen-bond acceptors (Lipinski definition) is 5. The maximum atomic E-state index is 13.6. The molecule has 27 heavy (non-hydrogen) atoms. The fourth-order valence-corrected chi connectivity index (χ4v) is 3.58. The van der Waals surface area contributed by atoms with Crippen LogP contribution in [0.15, 0.2) is 41.3 Å². The Kier molecular flexibility index (Phi) is 5.29. The van der Waals surface area contributed by atoms with E-state index in [0.29, 0.717) is 24.7 Å². The molecule has 0 aliphatic carbocycles. The lowest BCUT2D eigenvalue weighted by molar-refractivity contribution is -0.116. The van der Waals surface area contributed by atoms with E-state index < -0.39 is 34.1 Å². The molecule has 144 valence electrons. The van der Waals surface area contributed by atoms with Crippen LogP contribution in [-0.4, -0.2) is 45.4 Å². The molecule has 0 saturated carbocycles. The second-order valence-corrected chi connectivity index (χ2v) is 7.78. The molecule has 0 bridgehead atoms. The molecular weight excluding hydrogens is 382 g/mol. The Labute approximate surface area is 154 Å². The first kappa shape index (κ1) is 19.1. The van der Waals surface area contributed by atoms with E-state index in [2.05, 4.69) is 5.32 Å². The van der Waals surface area contributed by atoms with Crippen molar-refractivity contribution in [3.63, 3.8) is 0 Å². The number of halogens is 2. The summed E-state index contributed by atoms with van der Waals surface area (Å²) in [5, 5.41) is 2.15. The molecule has 2 aromatic carbocycles. The number of ether oxygens (including phenoxy) is 2. The number of rotatable bonds is 5. The van der Waals surface area contributed by atoms with Gasteiger partial charge in [-0.05, 0) is 24.3 Å². The van der Waals surface area contributed by atoms with Crippen LogP contribution in [0.4, 0.5) is 14.5 Å². The van der Waals surface area contributed by atoms with Crippen LogP contribution in [0.2, 0.25) is 0 Å². The molecule has 0 fully saturated rings. The Morgan fingerprint density at radius 1 is 1.11 bits per heavy atom. The lowest BCUT2D eigenvalue weighted by atomic mass is 10.3. The number of anilines is 1. The summed E-state index contributed by atoms with van der Waals surface area (Å²) in [7, 11) is -2.81. The van der Waals surface area contributed by atoms with Crippen LogP contribution in [0, 0.1) is 11.6 Å². The highest BCUT2D eigenvalue weighted by atomic mass is 32.2. The van der Waals surface area contributed by atoms with Crippen molar-refractivity contribution in [1.82, 2.24) is 4.31 Å². The van der Waals surface area contributed by atoms with Crippen LogP contribution in [0.1, 0.15) is 0 Å². The first-order chi connectivity index (χ1) is 12.8.